The van der Waals surface area contributed by atoms with Crippen LogP contribution in [0, 0.1) is 11.7 Å². The maximum absolute atomic E-state index is 10.5. The minimum atomic E-state index is -1.10. The van der Waals surface area contributed by atoms with Gasteiger partial charge in [-0.05, 0) is 25.2 Å². The number of hydrogen-bond donors (Lipinski definition) is 1. The van der Waals surface area contributed by atoms with Gasteiger partial charge in [0, 0.05) is 24.5 Å². The summed E-state index contributed by atoms with van der Waals surface area (Å²) in [6, 6.07) is 7.79. The minimum absolute atomic E-state index is 0.0906. The van der Waals surface area contributed by atoms with Crippen molar-refractivity contribution < 1.29 is 9.90 Å². The number of aryl methyl sites for hydroxylation is 1. The van der Waals surface area contributed by atoms with E-state index in [-0.39, 0.29) is 13.0 Å². The molecule has 5 nitrogen and oxygen atoms in total. The number of hydrogen-bond acceptors (Lipinski definition) is 4. The van der Waals surface area contributed by atoms with Gasteiger partial charge in [-0.3, -0.25) is 9.67 Å². The summed E-state index contributed by atoms with van der Waals surface area (Å²) >= 11 is 5.09. The molecular formula is C12H12N3O2S-. The highest BCUT2D eigenvalue weighted by Gasteiger charge is 2.08. The standard InChI is InChI=1S/C12H13N3O2S/c1-8-3-2-4-9(7-8)11-13-14-12(18)15(11)6-5-10(16)17/h2-4,7H,5-6H2,1H3,(H,14,18)(H,16,17)/p-1. The molecule has 0 aliphatic heterocycles. The van der Waals surface area contributed by atoms with Crippen molar-refractivity contribution in [3.05, 3.63) is 34.6 Å². The van der Waals surface area contributed by atoms with Crippen LogP contribution in [0.2, 0.25) is 0 Å². The van der Waals surface area contributed by atoms with Crippen molar-refractivity contribution in [3.8, 4) is 11.4 Å². The number of aromatic nitrogens is 3. The molecule has 0 fully saturated rings. The molecule has 6 heteroatoms. The van der Waals surface area contributed by atoms with Crippen molar-refractivity contribution in [1.82, 2.24) is 14.8 Å². The SMILES string of the molecule is Cc1cccc(-c2n[nH]c(=S)n2CCC(=O)[O-])c1. The van der Waals surface area contributed by atoms with Crippen molar-refractivity contribution in [2.24, 2.45) is 0 Å². The van der Waals surface area contributed by atoms with Gasteiger partial charge in [0.25, 0.3) is 0 Å². The molecule has 0 atom stereocenters. The van der Waals surface area contributed by atoms with Crippen molar-refractivity contribution in [2.45, 2.75) is 19.9 Å². The van der Waals surface area contributed by atoms with E-state index in [1.165, 1.54) is 0 Å². The molecule has 1 aromatic carbocycles. The third-order valence-corrected chi connectivity index (χ3v) is 2.89. The Balaban J connectivity index is 2.39. The molecule has 0 amide bonds. The summed E-state index contributed by atoms with van der Waals surface area (Å²) in [6.07, 6.45) is -0.0906. The molecule has 1 aromatic heterocycles. The lowest BCUT2D eigenvalue weighted by atomic mass is 10.1. The Bertz CT molecular complexity index is 630. The van der Waals surface area contributed by atoms with Crippen molar-refractivity contribution in [2.75, 3.05) is 0 Å². The van der Waals surface area contributed by atoms with Gasteiger partial charge in [0.15, 0.2) is 10.6 Å². The van der Waals surface area contributed by atoms with Crippen LogP contribution in [0.3, 0.4) is 0 Å². The Hall–Kier alpha value is -1.95. The summed E-state index contributed by atoms with van der Waals surface area (Å²) in [6.45, 7) is 2.23. The number of carbonyl (C=O) groups is 1. The second kappa shape index (κ2) is 5.14. The number of H-pyrrole nitrogens is 1. The Labute approximate surface area is 109 Å². The Morgan fingerprint density at radius 2 is 2.33 bits per heavy atom. The third kappa shape index (κ3) is 2.65. The number of rotatable bonds is 4. The van der Waals surface area contributed by atoms with Gasteiger partial charge in [-0.2, -0.15) is 5.10 Å². The van der Waals surface area contributed by atoms with E-state index < -0.39 is 5.97 Å². The average Bonchev–Trinajstić information content (AvgIpc) is 2.68. The van der Waals surface area contributed by atoms with E-state index in [4.69, 9.17) is 12.2 Å². The lowest BCUT2D eigenvalue weighted by Crippen LogP contribution is -2.23. The van der Waals surface area contributed by atoms with Gasteiger partial charge in [0.05, 0.1) is 0 Å². The van der Waals surface area contributed by atoms with E-state index in [1.807, 2.05) is 31.2 Å². The largest absolute Gasteiger partial charge is 0.550 e. The van der Waals surface area contributed by atoms with Crippen LogP contribution >= 0.6 is 12.2 Å². The maximum atomic E-state index is 10.5. The predicted octanol–water partition coefficient (Wildman–Crippen LogP) is 1.06. The fraction of sp³-hybridized carbons (Fsp3) is 0.250. The van der Waals surface area contributed by atoms with Gasteiger partial charge in [-0.15, -0.1) is 0 Å². The van der Waals surface area contributed by atoms with Crippen LogP contribution in [0.25, 0.3) is 11.4 Å². The number of nitrogens with zero attached hydrogens (tertiary/aromatic N) is 2. The maximum Gasteiger partial charge on any atom is 0.195 e. The molecule has 0 radical (unpaired) electrons. The summed E-state index contributed by atoms with van der Waals surface area (Å²) in [5, 5.41) is 17.3. The zero-order chi connectivity index (χ0) is 13.1. The highest BCUT2D eigenvalue weighted by atomic mass is 32.1. The summed E-state index contributed by atoms with van der Waals surface area (Å²) < 4.78 is 2.08. The topological polar surface area (TPSA) is 73.7 Å². The Morgan fingerprint density at radius 1 is 1.56 bits per heavy atom. The number of benzene rings is 1. The lowest BCUT2D eigenvalue weighted by Gasteiger charge is -2.07. The van der Waals surface area contributed by atoms with Crippen LogP contribution in [0.4, 0.5) is 0 Å². The number of carboxylic acids is 1. The van der Waals surface area contributed by atoms with Crippen LogP contribution in [0.1, 0.15) is 12.0 Å². The van der Waals surface area contributed by atoms with Gasteiger partial charge in [0.1, 0.15) is 0 Å². The quantitative estimate of drug-likeness (QED) is 0.836. The highest BCUT2D eigenvalue weighted by molar-refractivity contribution is 7.71. The summed E-state index contributed by atoms with van der Waals surface area (Å²) in [4.78, 5) is 10.5. The molecule has 2 aromatic rings. The van der Waals surface area contributed by atoms with Crippen LogP contribution in [-0.4, -0.2) is 20.7 Å². The minimum Gasteiger partial charge on any atom is -0.550 e. The smallest absolute Gasteiger partial charge is 0.195 e. The van der Waals surface area contributed by atoms with Gasteiger partial charge in [0.2, 0.25) is 0 Å². The number of carbonyl (C=O) groups excluding carboxylic acids is 1. The van der Waals surface area contributed by atoms with Crippen LogP contribution in [0.5, 0.6) is 0 Å². The second-order valence-electron chi connectivity index (χ2n) is 4.00. The van der Waals surface area contributed by atoms with Gasteiger partial charge in [-0.1, -0.05) is 23.8 Å². The first-order chi connectivity index (χ1) is 8.58. The normalized spacial score (nSPS) is 10.5. The van der Waals surface area contributed by atoms with E-state index in [9.17, 15) is 9.90 Å². The molecule has 1 N–H and O–H groups in total. The molecule has 0 saturated carbocycles. The molecule has 18 heavy (non-hydrogen) atoms. The summed E-state index contributed by atoms with van der Waals surface area (Å²) in [5.74, 6) is -0.460. The molecule has 0 unspecified atom stereocenters. The number of nitrogens with one attached hydrogen (secondary N) is 1. The average molecular weight is 262 g/mol. The van der Waals surface area contributed by atoms with Crippen LogP contribution < -0.4 is 5.11 Å². The third-order valence-electron chi connectivity index (χ3n) is 2.57. The predicted molar refractivity (Wildman–Crippen MR) is 67.2 cm³/mol. The summed E-state index contributed by atoms with van der Waals surface area (Å²) in [5.41, 5.74) is 2.01. The van der Waals surface area contributed by atoms with E-state index in [2.05, 4.69) is 10.2 Å². The molecule has 2 rings (SSSR count). The number of carboxylic acid groups (broad SMARTS) is 1. The lowest BCUT2D eigenvalue weighted by molar-refractivity contribution is -0.305. The first-order valence-electron chi connectivity index (χ1n) is 5.50. The first kappa shape index (κ1) is 12.5. The Morgan fingerprint density at radius 3 is 3.00 bits per heavy atom. The first-order valence-corrected chi connectivity index (χ1v) is 5.91. The molecule has 0 aliphatic carbocycles. The Kier molecular flexibility index (Phi) is 3.57. The fourth-order valence-corrected chi connectivity index (χ4v) is 1.96. The number of aliphatic carboxylic acids is 1. The molecule has 0 saturated heterocycles. The zero-order valence-corrected chi connectivity index (χ0v) is 10.7. The van der Waals surface area contributed by atoms with Crippen molar-refractivity contribution >= 4 is 18.2 Å². The molecular weight excluding hydrogens is 250 g/mol. The van der Waals surface area contributed by atoms with Crippen molar-refractivity contribution in [1.29, 1.82) is 0 Å². The van der Waals surface area contributed by atoms with Crippen molar-refractivity contribution in [3.63, 3.8) is 0 Å². The number of aromatic amines is 1. The van der Waals surface area contributed by atoms with E-state index in [0.717, 1.165) is 11.1 Å². The van der Waals surface area contributed by atoms with E-state index in [0.29, 0.717) is 10.6 Å². The molecule has 0 spiro atoms. The van der Waals surface area contributed by atoms with Crippen LogP contribution in [-0.2, 0) is 11.3 Å². The van der Waals surface area contributed by atoms with Gasteiger partial charge >= 0.3 is 0 Å². The molecule has 0 bridgehead atoms. The molecule has 1 heterocycles. The monoisotopic (exact) mass is 262 g/mol. The van der Waals surface area contributed by atoms with Crippen LogP contribution in [0.15, 0.2) is 24.3 Å². The summed E-state index contributed by atoms with van der Waals surface area (Å²) in [7, 11) is 0. The highest BCUT2D eigenvalue weighted by Crippen LogP contribution is 2.18. The van der Waals surface area contributed by atoms with E-state index in [1.54, 1.807) is 4.57 Å². The molecule has 94 valence electrons. The molecule has 0 aliphatic rings. The van der Waals surface area contributed by atoms with E-state index >= 15 is 0 Å². The second-order valence-corrected chi connectivity index (χ2v) is 4.38. The van der Waals surface area contributed by atoms with Gasteiger partial charge in [-0.25, -0.2) is 0 Å². The zero-order valence-electron chi connectivity index (χ0n) is 9.84. The van der Waals surface area contributed by atoms with Gasteiger partial charge < -0.3 is 9.90 Å². The fourth-order valence-electron chi connectivity index (χ4n) is 1.73.